The number of para-hydroxylation sites is 2. The van der Waals surface area contributed by atoms with Gasteiger partial charge in [-0.05, 0) is 37.1 Å². The highest BCUT2D eigenvalue weighted by Gasteiger charge is 2.36. The van der Waals surface area contributed by atoms with Crippen LogP contribution in [0, 0.1) is 21.8 Å². The first-order valence-electron chi connectivity index (χ1n) is 9.83. The summed E-state index contributed by atoms with van der Waals surface area (Å²) in [6, 6.07) is 10.9. The number of nitro benzene ring substituents is 1. The van der Waals surface area contributed by atoms with Crippen LogP contribution in [0.5, 0.6) is 0 Å². The SMILES string of the molecule is O=C(Nc1ccccc1N1CCCC1)C1CC(=O)N(c2ccc(F)c([N+](=O)[O-])c2)C1. The molecular formula is C21H21FN4O4. The summed E-state index contributed by atoms with van der Waals surface area (Å²) in [4.78, 5) is 39.0. The molecule has 1 N–H and O–H groups in total. The van der Waals surface area contributed by atoms with Gasteiger partial charge in [0.05, 0.1) is 27.9 Å². The van der Waals surface area contributed by atoms with Gasteiger partial charge in [-0.15, -0.1) is 0 Å². The fraction of sp³-hybridized carbons (Fsp3) is 0.333. The van der Waals surface area contributed by atoms with Gasteiger partial charge < -0.3 is 15.1 Å². The first-order chi connectivity index (χ1) is 14.4. The Kier molecular flexibility index (Phi) is 5.35. The average Bonchev–Trinajstić information content (AvgIpc) is 3.39. The second-order valence-electron chi connectivity index (χ2n) is 7.50. The first-order valence-corrected chi connectivity index (χ1v) is 9.83. The topological polar surface area (TPSA) is 95.8 Å². The number of hydrogen-bond acceptors (Lipinski definition) is 5. The highest BCUT2D eigenvalue weighted by Crippen LogP contribution is 2.32. The predicted molar refractivity (Wildman–Crippen MR) is 110 cm³/mol. The Labute approximate surface area is 172 Å². The van der Waals surface area contributed by atoms with Crippen molar-refractivity contribution in [2.75, 3.05) is 34.8 Å². The minimum Gasteiger partial charge on any atom is -0.370 e. The summed E-state index contributed by atoms with van der Waals surface area (Å²) in [5.74, 6) is -2.19. The first kappa shape index (κ1) is 19.8. The van der Waals surface area contributed by atoms with Crippen LogP contribution in [0.15, 0.2) is 42.5 Å². The molecular weight excluding hydrogens is 391 g/mol. The highest BCUT2D eigenvalue weighted by molar-refractivity contribution is 6.04. The Bertz CT molecular complexity index is 1010. The molecule has 2 heterocycles. The number of rotatable bonds is 5. The quantitative estimate of drug-likeness (QED) is 0.600. The number of nitrogens with one attached hydrogen (secondary N) is 1. The molecule has 0 spiro atoms. The monoisotopic (exact) mass is 412 g/mol. The summed E-state index contributed by atoms with van der Waals surface area (Å²) in [5, 5.41) is 13.9. The summed E-state index contributed by atoms with van der Waals surface area (Å²) in [5.41, 5.74) is 1.17. The van der Waals surface area contributed by atoms with E-state index in [4.69, 9.17) is 0 Å². The number of nitro groups is 1. The van der Waals surface area contributed by atoms with Gasteiger partial charge in [0.25, 0.3) is 0 Å². The molecule has 2 fully saturated rings. The van der Waals surface area contributed by atoms with E-state index in [1.807, 2.05) is 24.3 Å². The molecule has 2 aromatic carbocycles. The van der Waals surface area contributed by atoms with Gasteiger partial charge in [0, 0.05) is 32.1 Å². The standard InChI is InChI=1S/C21H21FN4O4/c22-16-8-7-15(12-19(16)26(29)30)25-13-14(11-20(25)27)21(28)23-17-5-1-2-6-18(17)24-9-3-4-10-24/h1-2,5-8,12,14H,3-4,9-11,13H2,(H,23,28). The van der Waals surface area contributed by atoms with Gasteiger partial charge in [-0.2, -0.15) is 4.39 Å². The van der Waals surface area contributed by atoms with Crippen molar-refractivity contribution in [3.05, 3.63) is 58.4 Å². The number of benzene rings is 2. The summed E-state index contributed by atoms with van der Waals surface area (Å²) >= 11 is 0. The Balaban J connectivity index is 1.49. The lowest BCUT2D eigenvalue weighted by Gasteiger charge is -2.22. The molecule has 1 atom stereocenters. The van der Waals surface area contributed by atoms with E-state index in [1.165, 1.54) is 11.0 Å². The Hall–Kier alpha value is -3.49. The van der Waals surface area contributed by atoms with Crippen LogP contribution in [-0.4, -0.2) is 36.4 Å². The van der Waals surface area contributed by atoms with Crippen molar-refractivity contribution in [3.63, 3.8) is 0 Å². The second-order valence-corrected chi connectivity index (χ2v) is 7.50. The van der Waals surface area contributed by atoms with Crippen molar-refractivity contribution in [2.45, 2.75) is 19.3 Å². The number of carbonyl (C=O) groups is 2. The molecule has 1 unspecified atom stereocenters. The largest absolute Gasteiger partial charge is 0.370 e. The van der Waals surface area contributed by atoms with E-state index in [-0.39, 0.29) is 30.5 Å². The third-order valence-corrected chi connectivity index (χ3v) is 5.54. The third kappa shape index (κ3) is 3.83. The lowest BCUT2D eigenvalue weighted by Crippen LogP contribution is -2.29. The van der Waals surface area contributed by atoms with E-state index in [0.717, 1.165) is 43.8 Å². The van der Waals surface area contributed by atoms with Gasteiger partial charge in [-0.3, -0.25) is 19.7 Å². The molecule has 4 rings (SSSR count). The molecule has 2 aromatic rings. The van der Waals surface area contributed by atoms with E-state index in [2.05, 4.69) is 10.2 Å². The van der Waals surface area contributed by atoms with Crippen molar-refractivity contribution in [2.24, 2.45) is 5.92 Å². The van der Waals surface area contributed by atoms with Gasteiger partial charge >= 0.3 is 5.69 Å². The van der Waals surface area contributed by atoms with E-state index in [1.54, 1.807) is 0 Å². The van der Waals surface area contributed by atoms with E-state index in [9.17, 15) is 24.1 Å². The normalized spacial score (nSPS) is 18.7. The van der Waals surface area contributed by atoms with Crippen molar-refractivity contribution < 1.29 is 18.9 Å². The molecule has 8 nitrogen and oxygen atoms in total. The van der Waals surface area contributed by atoms with Crippen molar-refractivity contribution in [3.8, 4) is 0 Å². The molecule has 0 aliphatic carbocycles. The van der Waals surface area contributed by atoms with Crippen molar-refractivity contribution in [1.29, 1.82) is 0 Å². The molecule has 2 aliphatic heterocycles. The summed E-state index contributed by atoms with van der Waals surface area (Å²) in [6.07, 6.45) is 2.21. The fourth-order valence-corrected chi connectivity index (χ4v) is 3.99. The lowest BCUT2D eigenvalue weighted by molar-refractivity contribution is -0.387. The van der Waals surface area contributed by atoms with Crippen LogP contribution in [0.3, 0.4) is 0 Å². The minimum absolute atomic E-state index is 0.0110. The van der Waals surface area contributed by atoms with Crippen molar-refractivity contribution in [1.82, 2.24) is 0 Å². The highest BCUT2D eigenvalue weighted by atomic mass is 19.1. The molecule has 0 aromatic heterocycles. The summed E-state index contributed by atoms with van der Waals surface area (Å²) in [6.45, 7) is 1.96. The maximum Gasteiger partial charge on any atom is 0.306 e. The van der Waals surface area contributed by atoms with Crippen LogP contribution >= 0.6 is 0 Å². The second kappa shape index (κ2) is 8.10. The molecule has 0 radical (unpaired) electrons. The van der Waals surface area contributed by atoms with Crippen LogP contribution in [0.1, 0.15) is 19.3 Å². The molecule has 30 heavy (non-hydrogen) atoms. The zero-order chi connectivity index (χ0) is 21.3. The van der Waals surface area contributed by atoms with E-state index >= 15 is 0 Å². The maximum atomic E-state index is 13.6. The van der Waals surface area contributed by atoms with Gasteiger partial charge in [0.15, 0.2) is 0 Å². The Morgan fingerprint density at radius 1 is 1.17 bits per heavy atom. The molecule has 0 bridgehead atoms. The van der Waals surface area contributed by atoms with Gasteiger partial charge in [0.1, 0.15) is 0 Å². The van der Waals surface area contributed by atoms with Crippen LogP contribution in [0.2, 0.25) is 0 Å². The maximum absolute atomic E-state index is 13.6. The minimum atomic E-state index is -0.969. The van der Waals surface area contributed by atoms with Gasteiger partial charge in [-0.1, -0.05) is 12.1 Å². The van der Waals surface area contributed by atoms with E-state index < -0.39 is 22.3 Å². The number of halogens is 1. The number of nitrogens with zero attached hydrogens (tertiary/aromatic N) is 3. The number of hydrogen-bond donors (Lipinski definition) is 1. The lowest BCUT2D eigenvalue weighted by atomic mass is 10.1. The number of anilines is 3. The Morgan fingerprint density at radius 3 is 2.63 bits per heavy atom. The van der Waals surface area contributed by atoms with Gasteiger partial charge in [-0.25, -0.2) is 0 Å². The average molecular weight is 412 g/mol. The van der Waals surface area contributed by atoms with E-state index in [0.29, 0.717) is 5.69 Å². The molecule has 2 aliphatic rings. The molecule has 156 valence electrons. The van der Waals surface area contributed by atoms with Crippen LogP contribution < -0.4 is 15.1 Å². The van der Waals surface area contributed by atoms with Crippen LogP contribution in [-0.2, 0) is 9.59 Å². The van der Waals surface area contributed by atoms with Gasteiger partial charge in [0.2, 0.25) is 17.6 Å². The zero-order valence-corrected chi connectivity index (χ0v) is 16.2. The molecule has 2 amide bonds. The molecule has 0 saturated carbocycles. The predicted octanol–water partition coefficient (Wildman–Crippen LogP) is 3.33. The zero-order valence-electron chi connectivity index (χ0n) is 16.2. The Morgan fingerprint density at radius 2 is 1.90 bits per heavy atom. The number of carbonyl (C=O) groups excluding carboxylic acids is 2. The third-order valence-electron chi connectivity index (χ3n) is 5.54. The van der Waals surface area contributed by atoms with Crippen LogP contribution in [0.25, 0.3) is 0 Å². The fourth-order valence-electron chi connectivity index (χ4n) is 3.99. The smallest absolute Gasteiger partial charge is 0.306 e. The summed E-state index contributed by atoms with van der Waals surface area (Å²) < 4.78 is 13.6. The molecule has 2 saturated heterocycles. The molecule has 9 heteroatoms. The summed E-state index contributed by atoms with van der Waals surface area (Å²) in [7, 11) is 0. The number of amides is 2. The van der Waals surface area contributed by atoms with Crippen LogP contribution in [0.4, 0.5) is 27.1 Å². The van der Waals surface area contributed by atoms with Crippen molar-refractivity contribution >= 4 is 34.6 Å².